The molecule has 3 heterocycles. The van der Waals surface area contributed by atoms with Crippen LogP contribution in [0.15, 0.2) is 36.4 Å². The second-order valence-corrected chi connectivity index (χ2v) is 7.60. The van der Waals surface area contributed by atoms with Gasteiger partial charge in [0.25, 0.3) is 0 Å². The summed E-state index contributed by atoms with van der Waals surface area (Å²) in [7, 11) is 0. The van der Waals surface area contributed by atoms with Crippen molar-refractivity contribution >= 4 is 58.0 Å². The van der Waals surface area contributed by atoms with E-state index in [4.69, 9.17) is 57.9 Å². The lowest BCUT2D eigenvalue weighted by Gasteiger charge is -2.07. The van der Waals surface area contributed by atoms with Crippen molar-refractivity contribution in [2.24, 2.45) is 0 Å². The van der Waals surface area contributed by atoms with E-state index in [2.05, 4.69) is 15.0 Å². The van der Waals surface area contributed by atoms with Crippen molar-refractivity contribution in [3.05, 3.63) is 73.7 Å². The molecule has 0 fully saturated rings. The van der Waals surface area contributed by atoms with Gasteiger partial charge in [0.15, 0.2) is 0 Å². The third-order valence-corrected chi connectivity index (χ3v) is 4.49. The van der Waals surface area contributed by atoms with E-state index >= 15 is 0 Å². The Kier molecular flexibility index (Phi) is 10.7. The highest BCUT2D eigenvalue weighted by molar-refractivity contribution is 6.33. The summed E-state index contributed by atoms with van der Waals surface area (Å²) in [6.07, 6.45) is -13.4. The van der Waals surface area contributed by atoms with E-state index in [9.17, 15) is 39.5 Å². The van der Waals surface area contributed by atoms with Crippen molar-refractivity contribution in [1.82, 2.24) is 15.0 Å². The Morgan fingerprint density at radius 2 is 0.861 bits per heavy atom. The lowest BCUT2D eigenvalue weighted by atomic mass is 10.2. The Morgan fingerprint density at radius 3 is 1.22 bits per heavy atom. The molecular formula is C18H10Cl4F9N5. The monoisotopic (exact) mass is 607 g/mol. The van der Waals surface area contributed by atoms with Gasteiger partial charge in [-0.1, -0.05) is 46.4 Å². The van der Waals surface area contributed by atoms with Crippen LogP contribution in [0.25, 0.3) is 0 Å². The summed E-state index contributed by atoms with van der Waals surface area (Å²) < 4.78 is 108. The van der Waals surface area contributed by atoms with Crippen molar-refractivity contribution in [2.75, 3.05) is 11.5 Å². The maximum Gasteiger partial charge on any atom is 0.419 e. The Hall–Kier alpha value is -2.42. The fourth-order valence-electron chi connectivity index (χ4n) is 1.97. The van der Waals surface area contributed by atoms with Crippen LogP contribution in [-0.2, 0) is 18.5 Å². The second kappa shape index (κ2) is 12.2. The molecule has 3 aromatic rings. The largest absolute Gasteiger partial charge is 0.419 e. The van der Waals surface area contributed by atoms with Gasteiger partial charge in [-0.2, -0.15) is 39.5 Å². The van der Waals surface area contributed by atoms with Crippen LogP contribution in [0.3, 0.4) is 0 Å². The smallest absolute Gasteiger partial charge is 0.384 e. The number of halogens is 13. The molecule has 3 rings (SSSR count). The standard InChI is InChI=1S/C6H2Cl2F3N.2C6H4ClF3N2/c7-4-2-1-3(5(8)12-4)6(9,10)11;7-5-3(6(8,9)10)1-2-4(11)12-5;7-4-2-1-3(5(11)12-4)6(8,9)10/h1-2H;2*1-2H,(H2,11,12). The van der Waals surface area contributed by atoms with E-state index in [1.54, 1.807) is 0 Å². The molecule has 0 saturated heterocycles. The highest BCUT2D eigenvalue weighted by Gasteiger charge is 2.35. The van der Waals surface area contributed by atoms with Crippen molar-refractivity contribution in [3.63, 3.8) is 0 Å². The molecule has 0 aliphatic heterocycles. The molecule has 0 spiro atoms. The first-order valence-electron chi connectivity index (χ1n) is 8.61. The number of nitrogens with two attached hydrogens (primary N) is 2. The fraction of sp³-hybridized carbons (Fsp3) is 0.167. The van der Waals surface area contributed by atoms with Gasteiger partial charge in [0.2, 0.25) is 0 Å². The minimum atomic E-state index is -4.48. The summed E-state index contributed by atoms with van der Waals surface area (Å²) in [5.74, 6) is -0.636. The van der Waals surface area contributed by atoms with Crippen LogP contribution in [0.4, 0.5) is 51.1 Å². The first-order valence-corrected chi connectivity index (χ1v) is 10.1. The Bertz CT molecular complexity index is 1040. The van der Waals surface area contributed by atoms with E-state index in [0.29, 0.717) is 0 Å². The van der Waals surface area contributed by atoms with Crippen LogP contribution in [0.1, 0.15) is 16.7 Å². The molecule has 0 aliphatic carbocycles. The molecule has 0 aliphatic rings. The van der Waals surface area contributed by atoms with Gasteiger partial charge in [-0.3, -0.25) is 0 Å². The Morgan fingerprint density at radius 1 is 0.500 bits per heavy atom. The molecule has 0 amide bonds. The van der Waals surface area contributed by atoms with Gasteiger partial charge >= 0.3 is 18.5 Å². The summed E-state index contributed by atoms with van der Waals surface area (Å²) >= 11 is 21.0. The van der Waals surface area contributed by atoms with Gasteiger partial charge in [0.1, 0.15) is 32.2 Å². The van der Waals surface area contributed by atoms with Crippen molar-refractivity contribution in [2.45, 2.75) is 18.5 Å². The SMILES string of the molecule is FC(F)(F)c1ccc(Cl)nc1Cl.Nc1ccc(C(F)(F)F)c(Cl)n1.Nc1nc(Cl)ccc1C(F)(F)F. The number of anilines is 2. The third kappa shape index (κ3) is 9.91. The van der Waals surface area contributed by atoms with Crippen molar-refractivity contribution in [3.8, 4) is 0 Å². The van der Waals surface area contributed by atoms with Gasteiger partial charge in [0.05, 0.1) is 16.7 Å². The molecule has 0 radical (unpaired) electrons. The van der Waals surface area contributed by atoms with E-state index in [1.165, 1.54) is 0 Å². The molecular weight excluding hydrogens is 599 g/mol. The normalized spacial score (nSPS) is 11.7. The summed E-state index contributed by atoms with van der Waals surface area (Å²) in [6, 6.07) is 5.51. The summed E-state index contributed by atoms with van der Waals surface area (Å²) in [5, 5.41) is -1.37. The van der Waals surface area contributed by atoms with Crippen LogP contribution in [0.2, 0.25) is 20.6 Å². The number of nitrogens with zero attached hydrogens (tertiary/aromatic N) is 3. The maximum atomic E-state index is 12.0. The van der Waals surface area contributed by atoms with Crippen molar-refractivity contribution < 1.29 is 39.5 Å². The number of nitrogen functional groups attached to an aromatic ring is 2. The fourth-order valence-corrected chi connectivity index (χ4v) is 2.85. The number of hydrogen-bond acceptors (Lipinski definition) is 5. The van der Waals surface area contributed by atoms with Gasteiger partial charge < -0.3 is 11.5 Å². The number of aromatic nitrogens is 3. The average molecular weight is 609 g/mol. The zero-order chi connectivity index (χ0) is 28.1. The van der Waals surface area contributed by atoms with Crippen molar-refractivity contribution in [1.29, 1.82) is 0 Å². The number of rotatable bonds is 0. The highest BCUT2D eigenvalue weighted by atomic mass is 35.5. The lowest BCUT2D eigenvalue weighted by Crippen LogP contribution is -2.09. The first-order chi connectivity index (χ1) is 16.2. The Balaban J connectivity index is 0.000000270. The second-order valence-electron chi connectivity index (χ2n) is 6.11. The highest BCUT2D eigenvalue weighted by Crippen LogP contribution is 2.35. The summed E-state index contributed by atoms with van der Waals surface area (Å²) in [5.41, 5.74) is 7.18. The third-order valence-electron chi connectivity index (χ3n) is 3.49. The number of alkyl halides is 9. The van der Waals surface area contributed by atoms with Crippen LogP contribution in [0.5, 0.6) is 0 Å². The topological polar surface area (TPSA) is 90.7 Å². The van der Waals surface area contributed by atoms with E-state index in [1.807, 2.05) is 0 Å². The molecule has 198 valence electrons. The lowest BCUT2D eigenvalue weighted by molar-refractivity contribution is -0.138. The maximum absolute atomic E-state index is 12.0. The molecule has 18 heteroatoms. The molecule has 3 aromatic heterocycles. The molecule has 0 aromatic carbocycles. The van der Waals surface area contributed by atoms with Gasteiger partial charge in [-0.25, -0.2) is 15.0 Å². The predicted molar refractivity (Wildman–Crippen MR) is 117 cm³/mol. The van der Waals surface area contributed by atoms with Gasteiger partial charge in [-0.15, -0.1) is 0 Å². The van der Waals surface area contributed by atoms with Crippen LogP contribution in [0, 0.1) is 0 Å². The van der Waals surface area contributed by atoms with Crippen LogP contribution in [-0.4, -0.2) is 15.0 Å². The van der Waals surface area contributed by atoms with Crippen LogP contribution < -0.4 is 11.5 Å². The molecule has 36 heavy (non-hydrogen) atoms. The van der Waals surface area contributed by atoms with Gasteiger partial charge in [0, 0.05) is 0 Å². The summed E-state index contributed by atoms with van der Waals surface area (Å²) in [6.45, 7) is 0. The zero-order valence-electron chi connectivity index (χ0n) is 16.9. The quantitative estimate of drug-likeness (QED) is 0.199. The van der Waals surface area contributed by atoms with Gasteiger partial charge in [-0.05, 0) is 36.4 Å². The molecule has 0 bridgehead atoms. The van der Waals surface area contributed by atoms with E-state index in [0.717, 1.165) is 36.4 Å². The summed E-state index contributed by atoms with van der Waals surface area (Å²) in [4.78, 5) is 9.78. The Labute approximate surface area is 216 Å². The van der Waals surface area contributed by atoms with E-state index < -0.39 is 51.3 Å². The minimum absolute atomic E-state index is 0.0343. The van der Waals surface area contributed by atoms with E-state index in [-0.39, 0.29) is 16.1 Å². The molecule has 4 N–H and O–H groups in total. The average Bonchev–Trinajstić information content (AvgIpc) is 2.65. The molecule has 0 unspecified atom stereocenters. The zero-order valence-corrected chi connectivity index (χ0v) is 19.9. The van der Waals surface area contributed by atoms with Crippen LogP contribution >= 0.6 is 46.4 Å². The predicted octanol–water partition coefficient (Wildman–Crippen LogP) is 8.08. The number of pyridine rings is 3. The minimum Gasteiger partial charge on any atom is -0.384 e. The molecule has 0 atom stereocenters. The number of hydrogen-bond donors (Lipinski definition) is 2. The first kappa shape index (κ1) is 31.6. The molecule has 0 saturated carbocycles. The molecule has 5 nitrogen and oxygen atoms in total.